The van der Waals surface area contributed by atoms with Gasteiger partial charge in [0.2, 0.25) is 0 Å². The van der Waals surface area contributed by atoms with Crippen LogP contribution in [0.25, 0.3) is 0 Å². The number of carbonyl (C=O) groups is 2. The topological polar surface area (TPSA) is 98.8 Å². The molecule has 0 spiro atoms. The molecule has 0 aliphatic rings. The number of ether oxygens (including phenoxy) is 2. The van der Waals surface area contributed by atoms with E-state index in [1.807, 2.05) is 0 Å². The van der Waals surface area contributed by atoms with Gasteiger partial charge < -0.3 is 9.47 Å². The first-order valence-corrected chi connectivity index (χ1v) is 9.15. The molecule has 0 aromatic heterocycles. The van der Waals surface area contributed by atoms with E-state index in [9.17, 15) is 18.0 Å². The minimum Gasteiger partial charge on any atom is -0.465 e. The zero-order chi connectivity index (χ0) is 18.6. The van der Waals surface area contributed by atoms with Crippen molar-refractivity contribution in [2.75, 3.05) is 18.9 Å². The lowest BCUT2D eigenvalue weighted by Crippen LogP contribution is -2.18. The normalized spacial score (nSPS) is 10.8. The lowest BCUT2D eigenvalue weighted by atomic mass is 10.1. The minimum absolute atomic E-state index is 0.00947. The standard InChI is InChI=1S/C16H14BrNO6S/c1-23-15(19)10-6-7-13(16(20)24-2)14(8-10)25(21,22)18-12-5-3-4-11(17)9-12/h3-9,18H,1-2H3. The van der Waals surface area contributed by atoms with Gasteiger partial charge in [0.15, 0.2) is 0 Å². The molecule has 25 heavy (non-hydrogen) atoms. The molecular formula is C16H14BrNO6S. The number of nitrogens with one attached hydrogen (secondary N) is 1. The first-order valence-electron chi connectivity index (χ1n) is 6.87. The van der Waals surface area contributed by atoms with Crippen LogP contribution in [0.1, 0.15) is 20.7 Å². The van der Waals surface area contributed by atoms with Crippen molar-refractivity contribution >= 4 is 43.6 Å². The van der Waals surface area contributed by atoms with Crippen molar-refractivity contribution in [2.45, 2.75) is 4.90 Å². The molecule has 7 nitrogen and oxygen atoms in total. The Hall–Kier alpha value is -2.39. The van der Waals surface area contributed by atoms with Crippen LogP contribution in [-0.4, -0.2) is 34.6 Å². The summed E-state index contributed by atoms with van der Waals surface area (Å²) in [5, 5.41) is 0. The average Bonchev–Trinajstić information content (AvgIpc) is 2.59. The number of carbonyl (C=O) groups excluding carboxylic acids is 2. The number of hydrogen-bond acceptors (Lipinski definition) is 6. The highest BCUT2D eigenvalue weighted by Gasteiger charge is 2.25. The fourth-order valence-corrected chi connectivity index (χ4v) is 3.70. The van der Waals surface area contributed by atoms with Crippen molar-refractivity contribution in [1.82, 2.24) is 0 Å². The first kappa shape index (κ1) is 18.9. The minimum atomic E-state index is -4.16. The fourth-order valence-electron chi connectivity index (χ4n) is 2.03. The van der Waals surface area contributed by atoms with Crippen molar-refractivity contribution < 1.29 is 27.5 Å². The van der Waals surface area contributed by atoms with E-state index in [1.54, 1.807) is 24.3 Å². The fraction of sp³-hybridized carbons (Fsp3) is 0.125. The van der Waals surface area contributed by atoms with Crippen LogP contribution in [0.5, 0.6) is 0 Å². The number of rotatable bonds is 5. The van der Waals surface area contributed by atoms with Crippen LogP contribution in [0.4, 0.5) is 5.69 Å². The van der Waals surface area contributed by atoms with Crippen LogP contribution >= 0.6 is 15.9 Å². The zero-order valence-electron chi connectivity index (χ0n) is 13.3. The molecule has 9 heteroatoms. The van der Waals surface area contributed by atoms with E-state index >= 15 is 0 Å². The summed E-state index contributed by atoms with van der Waals surface area (Å²) in [6.45, 7) is 0. The Labute approximate surface area is 153 Å². The van der Waals surface area contributed by atoms with Crippen LogP contribution in [-0.2, 0) is 19.5 Å². The maximum Gasteiger partial charge on any atom is 0.339 e. The van der Waals surface area contributed by atoms with Gasteiger partial charge in [-0.25, -0.2) is 18.0 Å². The van der Waals surface area contributed by atoms with Crippen LogP contribution in [0.3, 0.4) is 0 Å². The first-order chi connectivity index (χ1) is 11.8. The summed E-state index contributed by atoms with van der Waals surface area (Å²) < 4.78 is 37.7. The molecule has 0 heterocycles. The summed E-state index contributed by atoms with van der Waals surface area (Å²) >= 11 is 3.24. The molecule has 0 bridgehead atoms. The summed E-state index contributed by atoms with van der Waals surface area (Å²) in [5.41, 5.74) is 0.0797. The van der Waals surface area contributed by atoms with Gasteiger partial charge in [0.1, 0.15) is 4.90 Å². The number of sulfonamides is 1. The molecule has 0 radical (unpaired) electrons. The average molecular weight is 428 g/mol. The van der Waals surface area contributed by atoms with Gasteiger partial charge in [0.25, 0.3) is 10.0 Å². The Morgan fingerprint density at radius 3 is 2.28 bits per heavy atom. The highest BCUT2D eigenvalue weighted by molar-refractivity contribution is 9.10. The molecule has 0 saturated carbocycles. The second-order valence-corrected chi connectivity index (χ2v) is 7.38. The molecular weight excluding hydrogens is 414 g/mol. The smallest absolute Gasteiger partial charge is 0.339 e. The van der Waals surface area contributed by atoms with Crippen molar-refractivity contribution in [1.29, 1.82) is 0 Å². The van der Waals surface area contributed by atoms with E-state index in [-0.39, 0.29) is 21.7 Å². The second-order valence-electron chi connectivity index (χ2n) is 4.81. The molecule has 132 valence electrons. The van der Waals surface area contributed by atoms with Gasteiger partial charge in [-0.15, -0.1) is 0 Å². The Morgan fingerprint density at radius 2 is 1.68 bits per heavy atom. The highest BCUT2D eigenvalue weighted by Crippen LogP contribution is 2.24. The maximum absolute atomic E-state index is 12.7. The maximum atomic E-state index is 12.7. The van der Waals surface area contributed by atoms with Gasteiger partial charge in [-0.2, -0.15) is 0 Å². The summed E-state index contributed by atoms with van der Waals surface area (Å²) in [7, 11) is -1.85. The number of esters is 2. The summed E-state index contributed by atoms with van der Waals surface area (Å²) in [6, 6.07) is 10.0. The predicted octanol–water partition coefficient (Wildman–Crippen LogP) is 2.82. The van der Waals surface area contributed by atoms with Crippen LogP contribution in [0.15, 0.2) is 51.8 Å². The van der Waals surface area contributed by atoms with Gasteiger partial charge in [-0.3, -0.25) is 4.72 Å². The number of hydrogen-bond donors (Lipinski definition) is 1. The molecule has 0 unspecified atom stereocenters. The molecule has 2 aromatic carbocycles. The summed E-state index contributed by atoms with van der Waals surface area (Å²) in [6.07, 6.45) is 0. The van der Waals surface area contributed by atoms with Gasteiger partial charge in [-0.05, 0) is 36.4 Å². The van der Waals surface area contributed by atoms with E-state index in [0.29, 0.717) is 4.47 Å². The van der Waals surface area contributed by atoms with Crippen molar-refractivity contribution in [3.8, 4) is 0 Å². The van der Waals surface area contributed by atoms with Gasteiger partial charge >= 0.3 is 11.9 Å². The number of anilines is 1. The number of benzene rings is 2. The van der Waals surface area contributed by atoms with Crippen molar-refractivity contribution in [2.24, 2.45) is 0 Å². The van der Waals surface area contributed by atoms with E-state index in [2.05, 4.69) is 30.1 Å². The molecule has 0 atom stereocenters. The third kappa shape index (κ3) is 4.37. The van der Waals surface area contributed by atoms with Crippen LogP contribution in [0, 0.1) is 0 Å². The van der Waals surface area contributed by atoms with Gasteiger partial charge in [0, 0.05) is 10.2 Å². The summed E-state index contributed by atoms with van der Waals surface area (Å²) in [4.78, 5) is 23.2. The molecule has 2 aromatic rings. The zero-order valence-corrected chi connectivity index (χ0v) is 15.7. The molecule has 0 aliphatic carbocycles. The van der Waals surface area contributed by atoms with E-state index in [0.717, 1.165) is 13.2 Å². The third-order valence-electron chi connectivity index (χ3n) is 3.17. The second kappa shape index (κ2) is 7.66. The van der Waals surface area contributed by atoms with E-state index in [4.69, 9.17) is 0 Å². The molecule has 2 rings (SSSR count). The predicted molar refractivity (Wildman–Crippen MR) is 94.1 cm³/mol. The molecule has 0 aliphatic heterocycles. The molecule has 0 fully saturated rings. The molecule has 1 N–H and O–H groups in total. The van der Waals surface area contributed by atoms with Crippen molar-refractivity contribution in [3.05, 3.63) is 58.1 Å². The van der Waals surface area contributed by atoms with Crippen LogP contribution in [0.2, 0.25) is 0 Å². The molecule has 0 saturated heterocycles. The number of methoxy groups -OCH3 is 2. The largest absolute Gasteiger partial charge is 0.465 e. The third-order valence-corrected chi connectivity index (χ3v) is 5.09. The van der Waals surface area contributed by atoms with Crippen molar-refractivity contribution in [3.63, 3.8) is 0 Å². The Bertz CT molecular complexity index is 926. The van der Waals surface area contributed by atoms with Gasteiger partial charge in [-0.1, -0.05) is 22.0 Å². The quantitative estimate of drug-likeness (QED) is 0.736. The van der Waals surface area contributed by atoms with Gasteiger partial charge in [0.05, 0.1) is 25.3 Å². The number of halogens is 1. The van der Waals surface area contributed by atoms with E-state index in [1.165, 1.54) is 19.2 Å². The summed E-state index contributed by atoms with van der Waals surface area (Å²) in [5.74, 6) is -1.57. The highest BCUT2D eigenvalue weighted by atomic mass is 79.9. The Balaban J connectivity index is 2.56. The lowest BCUT2D eigenvalue weighted by Gasteiger charge is -2.12. The Morgan fingerprint density at radius 1 is 1.00 bits per heavy atom. The van der Waals surface area contributed by atoms with Crippen LogP contribution < -0.4 is 4.72 Å². The SMILES string of the molecule is COC(=O)c1ccc(C(=O)OC)c(S(=O)(=O)Nc2cccc(Br)c2)c1. The monoisotopic (exact) mass is 427 g/mol. The lowest BCUT2D eigenvalue weighted by molar-refractivity contribution is 0.0583. The molecule has 0 amide bonds. The Kier molecular flexibility index (Phi) is 5.81. The van der Waals surface area contributed by atoms with E-state index < -0.39 is 22.0 Å².